The summed E-state index contributed by atoms with van der Waals surface area (Å²) in [5.74, 6) is -1.22. The van der Waals surface area contributed by atoms with E-state index in [2.05, 4.69) is 0 Å². The van der Waals surface area contributed by atoms with Crippen LogP contribution < -0.4 is 0 Å². The van der Waals surface area contributed by atoms with Crippen molar-refractivity contribution in [3.63, 3.8) is 0 Å². The number of alkyl halides is 3. The van der Waals surface area contributed by atoms with Crippen molar-refractivity contribution in [2.45, 2.75) is 42.9 Å². The second-order valence-electron chi connectivity index (χ2n) is 6.29. The van der Waals surface area contributed by atoms with Gasteiger partial charge < -0.3 is 4.74 Å². The van der Waals surface area contributed by atoms with E-state index in [4.69, 9.17) is 4.74 Å². The lowest BCUT2D eigenvalue weighted by Crippen LogP contribution is -2.66. The minimum absolute atomic E-state index is 0.000642. The average Bonchev–Trinajstić information content (AvgIpc) is 2.58. The number of halogens is 3. The first-order chi connectivity index (χ1) is 8.73. The lowest BCUT2D eigenvalue weighted by atomic mass is 9.58. The van der Waals surface area contributed by atoms with Crippen LogP contribution in [0.4, 0.5) is 13.2 Å². The Labute approximate surface area is 109 Å². The van der Waals surface area contributed by atoms with E-state index in [1.165, 1.54) is 6.92 Å². The van der Waals surface area contributed by atoms with Crippen molar-refractivity contribution < 1.29 is 26.3 Å². The molecule has 19 heavy (non-hydrogen) atoms. The van der Waals surface area contributed by atoms with E-state index in [1.807, 2.05) is 0 Å². The van der Waals surface area contributed by atoms with Crippen LogP contribution in [0.1, 0.15) is 26.2 Å². The lowest BCUT2D eigenvalue weighted by molar-refractivity contribution is -0.222. The molecule has 4 rings (SSSR count). The monoisotopic (exact) mass is 296 g/mol. The van der Waals surface area contributed by atoms with Gasteiger partial charge in [-0.1, -0.05) is 6.92 Å². The van der Waals surface area contributed by atoms with E-state index in [-0.39, 0.29) is 17.6 Å². The molecular formula is C12H15F3O3S. The topological polar surface area (TPSA) is 46.7 Å². The summed E-state index contributed by atoms with van der Waals surface area (Å²) >= 11 is 0. The van der Waals surface area contributed by atoms with E-state index < -0.39 is 38.4 Å². The first-order valence-corrected chi connectivity index (χ1v) is 8.37. The van der Waals surface area contributed by atoms with Gasteiger partial charge in [0.05, 0.1) is 5.75 Å². The van der Waals surface area contributed by atoms with Crippen LogP contribution in [0.2, 0.25) is 0 Å². The fourth-order valence-corrected chi connectivity index (χ4v) is 7.47. The molecule has 0 amide bonds. The molecule has 1 aliphatic heterocycles. The van der Waals surface area contributed by atoms with Gasteiger partial charge in [0, 0.05) is 11.8 Å². The fraction of sp³-hybridized carbons (Fsp3) is 1.00. The molecule has 7 heteroatoms. The first-order valence-electron chi connectivity index (χ1n) is 6.72. The third kappa shape index (κ3) is 0.981. The minimum Gasteiger partial charge on any atom is -0.335 e. The van der Waals surface area contributed by atoms with Crippen molar-refractivity contribution in [3.05, 3.63) is 0 Å². The molecule has 3 unspecified atom stereocenters. The summed E-state index contributed by atoms with van der Waals surface area (Å²) in [6.07, 6.45) is -2.20. The van der Waals surface area contributed by atoms with Crippen molar-refractivity contribution in [3.8, 4) is 0 Å². The molecule has 0 radical (unpaired) electrons. The number of rotatable bonds is 2. The molecular weight excluding hydrogens is 281 g/mol. The SMILES string of the molecule is CCS(=O)(=O)C12OC1(C(F)(F)F)[C@@H]1C2[C@H]2CC[C@@H]1C2. The zero-order valence-corrected chi connectivity index (χ0v) is 11.2. The Morgan fingerprint density at radius 1 is 1.21 bits per heavy atom. The van der Waals surface area contributed by atoms with Crippen LogP contribution in [-0.4, -0.2) is 30.9 Å². The molecule has 0 N–H and O–H groups in total. The van der Waals surface area contributed by atoms with Gasteiger partial charge in [-0.05, 0) is 31.1 Å². The summed E-state index contributed by atoms with van der Waals surface area (Å²) in [6, 6.07) is 0. The summed E-state index contributed by atoms with van der Waals surface area (Å²) in [7, 11) is -3.85. The van der Waals surface area contributed by atoms with E-state index >= 15 is 0 Å². The predicted octanol–water partition coefficient (Wildman–Crippen LogP) is 2.12. The molecule has 0 spiro atoms. The molecule has 0 aromatic heterocycles. The Bertz CT molecular complexity index is 557. The Morgan fingerprint density at radius 2 is 1.79 bits per heavy atom. The van der Waals surface area contributed by atoms with Crippen LogP contribution in [0, 0.1) is 23.7 Å². The van der Waals surface area contributed by atoms with E-state index in [1.54, 1.807) is 0 Å². The van der Waals surface area contributed by atoms with Gasteiger partial charge in [-0.2, -0.15) is 13.2 Å². The quantitative estimate of drug-likeness (QED) is 0.733. The predicted molar refractivity (Wildman–Crippen MR) is 59.9 cm³/mol. The minimum atomic E-state index is -4.58. The summed E-state index contributed by atoms with van der Waals surface area (Å²) in [5.41, 5.74) is -2.38. The molecule has 6 atom stereocenters. The third-order valence-corrected chi connectivity index (χ3v) is 8.22. The van der Waals surface area contributed by atoms with Crippen LogP contribution in [0.15, 0.2) is 0 Å². The molecule has 0 aromatic carbocycles. The molecule has 0 aromatic rings. The largest absolute Gasteiger partial charge is 0.421 e. The highest BCUT2D eigenvalue weighted by Crippen LogP contribution is 2.85. The molecule has 1 heterocycles. The van der Waals surface area contributed by atoms with Crippen LogP contribution in [-0.2, 0) is 14.6 Å². The van der Waals surface area contributed by atoms with E-state index in [0.717, 1.165) is 19.3 Å². The third-order valence-electron chi connectivity index (χ3n) is 5.88. The van der Waals surface area contributed by atoms with Crippen molar-refractivity contribution in [2.24, 2.45) is 23.7 Å². The first kappa shape index (κ1) is 12.4. The highest BCUT2D eigenvalue weighted by Gasteiger charge is 3.03. The second-order valence-corrected chi connectivity index (χ2v) is 8.70. The number of fused-ring (bicyclic) bond motifs is 8. The van der Waals surface area contributed by atoms with Crippen molar-refractivity contribution in [1.82, 2.24) is 0 Å². The van der Waals surface area contributed by atoms with Crippen molar-refractivity contribution in [1.29, 1.82) is 0 Å². The molecule has 108 valence electrons. The van der Waals surface area contributed by atoms with E-state index in [0.29, 0.717) is 0 Å². The van der Waals surface area contributed by atoms with Crippen LogP contribution >= 0.6 is 0 Å². The average molecular weight is 296 g/mol. The zero-order chi connectivity index (χ0) is 13.8. The number of hydrogen-bond acceptors (Lipinski definition) is 3. The maximum absolute atomic E-state index is 13.4. The van der Waals surface area contributed by atoms with Gasteiger partial charge in [-0.25, -0.2) is 8.42 Å². The van der Waals surface area contributed by atoms with Gasteiger partial charge in [0.25, 0.3) is 0 Å². The fourth-order valence-electron chi connectivity index (χ4n) is 5.32. The summed E-state index contributed by atoms with van der Waals surface area (Å²) in [6.45, 7) is 1.40. The normalized spacial score (nSPS) is 54.5. The van der Waals surface area contributed by atoms with Gasteiger partial charge in [-0.15, -0.1) is 0 Å². The lowest BCUT2D eigenvalue weighted by Gasteiger charge is -2.48. The molecule has 4 fully saturated rings. The van der Waals surface area contributed by atoms with Gasteiger partial charge >= 0.3 is 6.18 Å². The van der Waals surface area contributed by atoms with Gasteiger partial charge in [0.1, 0.15) is 0 Å². The number of ether oxygens (including phenoxy) is 1. The Balaban J connectivity index is 1.86. The summed E-state index contributed by atoms with van der Waals surface area (Å²) in [5, 5.41) is 0. The molecule has 2 bridgehead atoms. The summed E-state index contributed by atoms with van der Waals surface area (Å²) < 4.78 is 69.7. The van der Waals surface area contributed by atoms with Crippen LogP contribution in [0.5, 0.6) is 0 Å². The molecule has 3 nitrogen and oxygen atoms in total. The van der Waals surface area contributed by atoms with Crippen LogP contribution in [0.25, 0.3) is 0 Å². The maximum atomic E-state index is 13.4. The number of epoxide rings is 1. The standard InChI is InChI=1S/C12H15F3O3S/c1-2-19(16,17)11-9-7-4-3-6(5-7)8(9)10(11,18-11)12(13,14)15/h6-9H,2-5H2,1H3/t6-,7+,8+,9?,10?,11?/m1/s1. The molecule has 1 saturated heterocycles. The highest BCUT2D eigenvalue weighted by molar-refractivity contribution is 7.93. The van der Waals surface area contributed by atoms with Gasteiger partial charge in [0.2, 0.25) is 10.5 Å². The van der Waals surface area contributed by atoms with Gasteiger partial charge in [0.15, 0.2) is 9.84 Å². The van der Waals surface area contributed by atoms with Gasteiger partial charge in [-0.3, -0.25) is 0 Å². The van der Waals surface area contributed by atoms with Crippen molar-refractivity contribution >= 4 is 9.84 Å². The summed E-state index contributed by atoms with van der Waals surface area (Å²) in [4.78, 5) is -1.93. The van der Waals surface area contributed by atoms with Crippen LogP contribution in [0.3, 0.4) is 0 Å². The Morgan fingerprint density at radius 3 is 2.32 bits per heavy atom. The zero-order valence-electron chi connectivity index (χ0n) is 10.4. The number of hydrogen-bond donors (Lipinski definition) is 0. The number of sulfone groups is 1. The van der Waals surface area contributed by atoms with E-state index in [9.17, 15) is 21.6 Å². The highest BCUT2D eigenvalue weighted by atomic mass is 32.2. The molecule has 3 aliphatic carbocycles. The Hall–Kier alpha value is -0.300. The maximum Gasteiger partial charge on any atom is 0.421 e. The second kappa shape index (κ2) is 2.98. The molecule has 3 saturated carbocycles. The van der Waals surface area contributed by atoms with Crippen molar-refractivity contribution in [2.75, 3.05) is 5.75 Å². The molecule has 4 aliphatic rings. The Kier molecular flexibility index (Phi) is 1.95. The smallest absolute Gasteiger partial charge is 0.335 e.